The van der Waals surface area contributed by atoms with Gasteiger partial charge in [-0.2, -0.15) is 0 Å². The Morgan fingerprint density at radius 3 is 2.46 bits per heavy atom. The average molecular weight is 255 g/mol. The molecule has 0 amide bonds. The third kappa shape index (κ3) is 5.59. The first-order chi connectivity index (χ1) is 6.43. The number of hydrogen-bond acceptors (Lipinski definition) is 4. The molecule has 0 atom stereocenters. The van der Waals surface area contributed by atoms with Crippen molar-refractivity contribution in [2.24, 2.45) is 0 Å². The van der Waals surface area contributed by atoms with Crippen molar-refractivity contribution in [3.8, 4) is 0 Å². The SMILES string of the molecule is BrCCOCCOCC1OCCO1. The van der Waals surface area contributed by atoms with E-state index in [1.54, 1.807) is 0 Å². The van der Waals surface area contributed by atoms with Crippen LogP contribution >= 0.6 is 15.9 Å². The van der Waals surface area contributed by atoms with Crippen molar-refractivity contribution < 1.29 is 18.9 Å². The van der Waals surface area contributed by atoms with Crippen LogP contribution in [0.15, 0.2) is 0 Å². The standard InChI is InChI=1S/C8H15BrO4/c9-1-2-10-3-4-11-7-8-12-5-6-13-8/h8H,1-7H2. The smallest absolute Gasteiger partial charge is 0.181 e. The van der Waals surface area contributed by atoms with Gasteiger partial charge < -0.3 is 18.9 Å². The van der Waals surface area contributed by atoms with E-state index in [0.717, 1.165) is 11.9 Å². The molecule has 0 bridgehead atoms. The Morgan fingerprint density at radius 2 is 1.77 bits per heavy atom. The number of hydrogen-bond donors (Lipinski definition) is 0. The summed E-state index contributed by atoms with van der Waals surface area (Å²) in [6, 6.07) is 0. The summed E-state index contributed by atoms with van der Waals surface area (Å²) in [6.45, 7) is 3.79. The largest absolute Gasteiger partial charge is 0.378 e. The molecule has 13 heavy (non-hydrogen) atoms. The fourth-order valence-electron chi connectivity index (χ4n) is 0.957. The summed E-state index contributed by atoms with van der Waals surface area (Å²) >= 11 is 3.27. The maximum absolute atomic E-state index is 5.27. The van der Waals surface area contributed by atoms with Gasteiger partial charge in [-0.15, -0.1) is 0 Å². The number of alkyl halides is 1. The first-order valence-corrected chi connectivity index (χ1v) is 5.50. The lowest BCUT2D eigenvalue weighted by Gasteiger charge is -2.09. The fraction of sp³-hybridized carbons (Fsp3) is 1.00. The minimum absolute atomic E-state index is 0.170. The molecule has 0 N–H and O–H groups in total. The van der Waals surface area contributed by atoms with E-state index in [9.17, 15) is 0 Å². The summed E-state index contributed by atoms with van der Waals surface area (Å²) in [5.41, 5.74) is 0. The second-order valence-corrected chi connectivity index (χ2v) is 3.34. The van der Waals surface area contributed by atoms with Crippen LogP contribution in [0.3, 0.4) is 0 Å². The van der Waals surface area contributed by atoms with Gasteiger partial charge in [0.15, 0.2) is 6.29 Å². The first kappa shape index (κ1) is 11.4. The summed E-state index contributed by atoms with van der Waals surface area (Å²) < 4.78 is 20.8. The van der Waals surface area contributed by atoms with E-state index in [0.29, 0.717) is 33.0 Å². The van der Waals surface area contributed by atoms with Crippen molar-refractivity contribution in [3.63, 3.8) is 0 Å². The van der Waals surface area contributed by atoms with E-state index in [1.807, 2.05) is 0 Å². The molecule has 5 heteroatoms. The van der Waals surface area contributed by atoms with E-state index in [-0.39, 0.29) is 6.29 Å². The van der Waals surface area contributed by atoms with Crippen LogP contribution < -0.4 is 0 Å². The molecule has 1 saturated heterocycles. The van der Waals surface area contributed by atoms with E-state index in [2.05, 4.69) is 15.9 Å². The monoisotopic (exact) mass is 254 g/mol. The molecule has 1 aliphatic heterocycles. The highest BCUT2D eigenvalue weighted by Crippen LogP contribution is 2.03. The summed E-state index contributed by atoms with van der Waals surface area (Å²) in [5.74, 6) is 0. The maximum atomic E-state index is 5.27. The van der Waals surface area contributed by atoms with E-state index in [1.165, 1.54) is 0 Å². The van der Waals surface area contributed by atoms with Gasteiger partial charge in [0.25, 0.3) is 0 Å². The van der Waals surface area contributed by atoms with Crippen LogP contribution in [0.4, 0.5) is 0 Å². The zero-order chi connectivity index (χ0) is 9.36. The zero-order valence-corrected chi connectivity index (χ0v) is 9.12. The molecule has 0 aliphatic carbocycles. The Kier molecular flexibility index (Phi) is 6.75. The molecule has 1 rings (SSSR count). The summed E-state index contributed by atoms with van der Waals surface area (Å²) in [6.07, 6.45) is -0.170. The van der Waals surface area contributed by atoms with Crippen LogP contribution in [0.5, 0.6) is 0 Å². The molecule has 78 valence electrons. The molecule has 0 unspecified atom stereocenters. The Hall–Kier alpha value is 0.320. The lowest BCUT2D eigenvalue weighted by Crippen LogP contribution is -2.18. The van der Waals surface area contributed by atoms with E-state index >= 15 is 0 Å². The van der Waals surface area contributed by atoms with Gasteiger partial charge in [0.1, 0.15) is 0 Å². The summed E-state index contributed by atoms with van der Waals surface area (Å²) in [5, 5.41) is 0.863. The van der Waals surface area contributed by atoms with Gasteiger partial charge in [0.2, 0.25) is 0 Å². The maximum Gasteiger partial charge on any atom is 0.181 e. The van der Waals surface area contributed by atoms with Crippen molar-refractivity contribution in [2.45, 2.75) is 6.29 Å². The minimum Gasteiger partial charge on any atom is -0.378 e. The molecular formula is C8H15BrO4. The lowest BCUT2D eigenvalue weighted by atomic mass is 10.6. The summed E-state index contributed by atoms with van der Waals surface area (Å²) in [7, 11) is 0. The molecule has 1 heterocycles. The molecule has 4 nitrogen and oxygen atoms in total. The Balaban J connectivity index is 1.78. The van der Waals surface area contributed by atoms with Crippen LogP contribution in [0.25, 0.3) is 0 Å². The minimum atomic E-state index is -0.170. The van der Waals surface area contributed by atoms with Gasteiger partial charge >= 0.3 is 0 Å². The van der Waals surface area contributed by atoms with Crippen LogP contribution in [0, 0.1) is 0 Å². The van der Waals surface area contributed by atoms with Crippen molar-refractivity contribution >= 4 is 15.9 Å². The quantitative estimate of drug-likeness (QED) is 0.498. The Morgan fingerprint density at radius 1 is 1.08 bits per heavy atom. The lowest BCUT2D eigenvalue weighted by molar-refractivity contribution is -0.0993. The zero-order valence-electron chi connectivity index (χ0n) is 7.54. The van der Waals surface area contributed by atoms with Crippen LogP contribution in [-0.4, -0.2) is 51.3 Å². The second-order valence-electron chi connectivity index (χ2n) is 2.55. The molecule has 0 radical (unpaired) electrons. The van der Waals surface area contributed by atoms with Gasteiger partial charge in [0.05, 0.1) is 39.6 Å². The average Bonchev–Trinajstić information content (AvgIpc) is 2.63. The normalized spacial score (nSPS) is 18.2. The number of rotatable bonds is 7. The van der Waals surface area contributed by atoms with Crippen LogP contribution in [0.2, 0.25) is 0 Å². The highest BCUT2D eigenvalue weighted by atomic mass is 79.9. The highest BCUT2D eigenvalue weighted by Gasteiger charge is 2.15. The van der Waals surface area contributed by atoms with E-state index in [4.69, 9.17) is 18.9 Å². The van der Waals surface area contributed by atoms with Crippen LogP contribution in [-0.2, 0) is 18.9 Å². The molecule has 1 fully saturated rings. The Labute approximate surface area is 86.6 Å². The summed E-state index contributed by atoms with van der Waals surface area (Å²) in [4.78, 5) is 0. The Bertz CT molecular complexity index is 117. The topological polar surface area (TPSA) is 36.9 Å². The third-order valence-corrected chi connectivity index (χ3v) is 1.86. The first-order valence-electron chi connectivity index (χ1n) is 4.38. The fourth-order valence-corrected chi connectivity index (χ4v) is 1.19. The highest BCUT2D eigenvalue weighted by molar-refractivity contribution is 9.09. The van der Waals surface area contributed by atoms with E-state index < -0.39 is 0 Å². The van der Waals surface area contributed by atoms with Gasteiger partial charge in [-0.05, 0) is 0 Å². The van der Waals surface area contributed by atoms with Crippen molar-refractivity contribution in [2.75, 3.05) is 45.0 Å². The third-order valence-electron chi connectivity index (χ3n) is 1.54. The molecule has 1 aliphatic rings. The molecule has 0 spiro atoms. The van der Waals surface area contributed by atoms with Gasteiger partial charge in [-0.1, -0.05) is 15.9 Å². The molecule has 0 aromatic carbocycles. The van der Waals surface area contributed by atoms with Crippen molar-refractivity contribution in [3.05, 3.63) is 0 Å². The predicted octanol–water partition coefficient (Wildman–Crippen LogP) is 0.787. The number of halogens is 1. The molecule has 0 saturated carbocycles. The van der Waals surface area contributed by atoms with Crippen LogP contribution in [0.1, 0.15) is 0 Å². The second kappa shape index (κ2) is 7.70. The van der Waals surface area contributed by atoms with Gasteiger partial charge in [-0.3, -0.25) is 0 Å². The number of ether oxygens (including phenoxy) is 4. The van der Waals surface area contributed by atoms with Gasteiger partial charge in [-0.25, -0.2) is 0 Å². The molecular weight excluding hydrogens is 240 g/mol. The van der Waals surface area contributed by atoms with Gasteiger partial charge in [0, 0.05) is 5.33 Å². The predicted molar refractivity (Wildman–Crippen MR) is 51.1 cm³/mol. The molecule has 0 aromatic rings. The molecule has 0 aromatic heterocycles. The van der Waals surface area contributed by atoms with Crippen molar-refractivity contribution in [1.82, 2.24) is 0 Å². The van der Waals surface area contributed by atoms with Crippen molar-refractivity contribution in [1.29, 1.82) is 0 Å².